The number of carbonyl (C=O) groups excluding carboxylic acids is 1. The largest absolute Gasteiger partial charge is 0.481 e. The standard InChI is InChI=1S/C12H16N2O4/c1-7(12(16)17)5-14(9-3-4-9)11(15)10-8(2)13-6-18-10/h6-7,9H,3-5H2,1-2H3,(H,16,17). The molecule has 0 saturated heterocycles. The van der Waals surface area contributed by atoms with E-state index in [4.69, 9.17) is 9.52 Å². The fourth-order valence-electron chi connectivity index (χ4n) is 1.79. The summed E-state index contributed by atoms with van der Waals surface area (Å²) < 4.78 is 5.08. The van der Waals surface area contributed by atoms with Gasteiger partial charge in [0.1, 0.15) is 0 Å². The molecule has 1 aliphatic carbocycles. The third kappa shape index (κ3) is 2.52. The summed E-state index contributed by atoms with van der Waals surface area (Å²) >= 11 is 0. The number of aromatic nitrogens is 1. The Morgan fingerprint density at radius 1 is 1.61 bits per heavy atom. The fourth-order valence-corrected chi connectivity index (χ4v) is 1.79. The number of amides is 1. The SMILES string of the molecule is Cc1ncoc1C(=O)N(CC(C)C(=O)O)C1CC1. The second kappa shape index (κ2) is 4.80. The van der Waals surface area contributed by atoms with Gasteiger partial charge in [-0.15, -0.1) is 0 Å². The van der Waals surface area contributed by atoms with Crippen LogP contribution in [0, 0.1) is 12.8 Å². The van der Waals surface area contributed by atoms with E-state index in [0.29, 0.717) is 5.69 Å². The summed E-state index contributed by atoms with van der Waals surface area (Å²) in [5, 5.41) is 8.93. The lowest BCUT2D eigenvalue weighted by Crippen LogP contribution is -2.38. The van der Waals surface area contributed by atoms with Gasteiger partial charge in [0.05, 0.1) is 11.6 Å². The molecule has 0 radical (unpaired) electrons. The van der Waals surface area contributed by atoms with Gasteiger partial charge in [0.2, 0.25) is 5.76 Å². The Bertz CT molecular complexity index is 464. The Morgan fingerprint density at radius 3 is 2.72 bits per heavy atom. The van der Waals surface area contributed by atoms with Crippen molar-refractivity contribution in [3.8, 4) is 0 Å². The Labute approximate surface area is 105 Å². The van der Waals surface area contributed by atoms with Gasteiger partial charge < -0.3 is 14.4 Å². The third-order valence-corrected chi connectivity index (χ3v) is 3.08. The van der Waals surface area contributed by atoms with E-state index >= 15 is 0 Å². The Morgan fingerprint density at radius 2 is 2.28 bits per heavy atom. The van der Waals surface area contributed by atoms with Crippen LogP contribution in [0.5, 0.6) is 0 Å². The highest BCUT2D eigenvalue weighted by molar-refractivity contribution is 5.93. The molecule has 1 N–H and O–H groups in total. The maximum atomic E-state index is 12.3. The minimum Gasteiger partial charge on any atom is -0.481 e. The number of rotatable bonds is 5. The van der Waals surface area contributed by atoms with Gasteiger partial charge in [-0.05, 0) is 19.8 Å². The van der Waals surface area contributed by atoms with Gasteiger partial charge in [0.15, 0.2) is 6.39 Å². The second-order valence-corrected chi connectivity index (χ2v) is 4.69. The zero-order valence-electron chi connectivity index (χ0n) is 10.4. The van der Waals surface area contributed by atoms with Crippen molar-refractivity contribution in [3.05, 3.63) is 17.8 Å². The van der Waals surface area contributed by atoms with Crippen LogP contribution in [0.25, 0.3) is 0 Å². The summed E-state index contributed by atoms with van der Waals surface area (Å²) in [4.78, 5) is 28.6. The molecule has 1 aromatic rings. The first kappa shape index (κ1) is 12.6. The zero-order valence-corrected chi connectivity index (χ0v) is 10.4. The van der Waals surface area contributed by atoms with E-state index in [2.05, 4.69) is 4.98 Å². The Kier molecular flexibility index (Phi) is 3.36. The van der Waals surface area contributed by atoms with E-state index in [1.807, 2.05) is 0 Å². The smallest absolute Gasteiger partial charge is 0.308 e. The quantitative estimate of drug-likeness (QED) is 0.854. The predicted molar refractivity (Wildman–Crippen MR) is 62.1 cm³/mol. The summed E-state index contributed by atoms with van der Waals surface area (Å²) in [5.41, 5.74) is 0.536. The molecule has 1 saturated carbocycles. The molecule has 0 aliphatic heterocycles. The van der Waals surface area contributed by atoms with Crippen LogP contribution in [-0.4, -0.2) is 39.5 Å². The maximum Gasteiger partial charge on any atom is 0.308 e. The molecule has 1 aliphatic rings. The number of aliphatic carboxylic acids is 1. The molecule has 1 fully saturated rings. The van der Waals surface area contributed by atoms with Gasteiger partial charge in [0, 0.05) is 12.6 Å². The molecule has 1 atom stereocenters. The van der Waals surface area contributed by atoms with Crippen molar-refractivity contribution in [2.45, 2.75) is 32.7 Å². The molecular formula is C12H16N2O4. The first-order valence-corrected chi connectivity index (χ1v) is 5.94. The van der Waals surface area contributed by atoms with E-state index in [0.717, 1.165) is 12.8 Å². The van der Waals surface area contributed by atoms with Crippen LogP contribution in [0.2, 0.25) is 0 Å². The number of carboxylic acids is 1. The molecule has 2 rings (SSSR count). The molecule has 98 valence electrons. The second-order valence-electron chi connectivity index (χ2n) is 4.69. The molecule has 1 heterocycles. The number of hydrogen-bond acceptors (Lipinski definition) is 4. The molecule has 0 aromatic carbocycles. The minimum atomic E-state index is -0.900. The molecule has 6 heteroatoms. The van der Waals surface area contributed by atoms with Crippen LogP contribution >= 0.6 is 0 Å². The van der Waals surface area contributed by atoms with Crippen LogP contribution in [-0.2, 0) is 4.79 Å². The first-order chi connectivity index (χ1) is 8.50. The van der Waals surface area contributed by atoms with E-state index in [9.17, 15) is 9.59 Å². The van der Waals surface area contributed by atoms with Crippen molar-refractivity contribution in [2.24, 2.45) is 5.92 Å². The van der Waals surface area contributed by atoms with Crippen molar-refractivity contribution in [3.63, 3.8) is 0 Å². The highest BCUT2D eigenvalue weighted by Crippen LogP contribution is 2.29. The van der Waals surface area contributed by atoms with Crippen LogP contribution in [0.4, 0.5) is 0 Å². The minimum absolute atomic E-state index is 0.142. The van der Waals surface area contributed by atoms with Crippen LogP contribution < -0.4 is 0 Å². The lowest BCUT2D eigenvalue weighted by Gasteiger charge is -2.23. The number of carboxylic acid groups (broad SMARTS) is 1. The van der Waals surface area contributed by atoms with Gasteiger partial charge in [0.25, 0.3) is 5.91 Å². The average Bonchev–Trinajstić information content (AvgIpc) is 3.07. The summed E-state index contributed by atoms with van der Waals surface area (Å²) in [6, 6.07) is 0.142. The van der Waals surface area contributed by atoms with Crippen LogP contribution in [0.3, 0.4) is 0 Å². The number of nitrogens with zero attached hydrogens (tertiary/aromatic N) is 2. The maximum absolute atomic E-state index is 12.3. The summed E-state index contributed by atoms with van der Waals surface area (Å²) in [5.74, 6) is -1.54. The Balaban J connectivity index is 2.13. The third-order valence-electron chi connectivity index (χ3n) is 3.08. The fraction of sp³-hybridized carbons (Fsp3) is 0.583. The number of oxazole rings is 1. The lowest BCUT2D eigenvalue weighted by atomic mass is 10.1. The number of aryl methyl sites for hydroxylation is 1. The topological polar surface area (TPSA) is 83.6 Å². The van der Waals surface area contributed by atoms with E-state index < -0.39 is 11.9 Å². The van der Waals surface area contributed by atoms with Crippen LogP contribution in [0.15, 0.2) is 10.8 Å². The van der Waals surface area contributed by atoms with Gasteiger partial charge in [-0.2, -0.15) is 0 Å². The molecular weight excluding hydrogens is 236 g/mol. The van der Waals surface area contributed by atoms with Gasteiger partial charge >= 0.3 is 5.97 Å². The predicted octanol–water partition coefficient (Wildman–Crippen LogP) is 1.31. The van der Waals surface area contributed by atoms with E-state index in [-0.39, 0.29) is 24.3 Å². The number of carbonyl (C=O) groups is 2. The summed E-state index contributed by atoms with van der Waals surface area (Å²) in [6.45, 7) is 3.50. The Hall–Kier alpha value is -1.85. The number of hydrogen-bond donors (Lipinski definition) is 1. The van der Waals surface area contributed by atoms with Gasteiger partial charge in [-0.3, -0.25) is 9.59 Å². The highest BCUT2D eigenvalue weighted by Gasteiger charge is 2.36. The first-order valence-electron chi connectivity index (χ1n) is 5.94. The van der Waals surface area contributed by atoms with Crippen molar-refractivity contribution in [1.29, 1.82) is 0 Å². The molecule has 1 amide bonds. The molecule has 6 nitrogen and oxygen atoms in total. The van der Waals surface area contributed by atoms with E-state index in [1.54, 1.807) is 18.7 Å². The van der Waals surface area contributed by atoms with Crippen molar-refractivity contribution in [2.75, 3.05) is 6.54 Å². The monoisotopic (exact) mass is 252 g/mol. The van der Waals surface area contributed by atoms with Crippen molar-refractivity contribution < 1.29 is 19.1 Å². The molecule has 0 bridgehead atoms. The van der Waals surface area contributed by atoms with Gasteiger partial charge in [-0.25, -0.2) is 4.98 Å². The van der Waals surface area contributed by atoms with Crippen LogP contribution in [0.1, 0.15) is 36.0 Å². The summed E-state index contributed by atoms with van der Waals surface area (Å²) in [6.07, 6.45) is 3.07. The normalized spacial score (nSPS) is 16.3. The highest BCUT2D eigenvalue weighted by atomic mass is 16.4. The molecule has 18 heavy (non-hydrogen) atoms. The lowest BCUT2D eigenvalue weighted by molar-refractivity contribution is -0.141. The van der Waals surface area contributed by atoms with Crippen molar-refractivity contribution in [1.82, 2.24) is 9.88 Å². The average molecular weight is 252 g/mol. The van der Waals surface area contributed by atoms with Gasteiger partial charge in [-0.1, -0.05) is 6.92 Å². The molecule has 0 spiro atoms. The zero-order chi connectivity index (χ0) is 13.3. The summed E-state index contributed by atoms with van der Waals surface area (Å²) in [7, 11) is 0. The van der Waals surface area contributed by atoms with E-state index in [1.165, 1.54) is 6.39 Å². The molecule has 1 unspecified atom stereocenters. The molecule has 1 aromatic heterocycles. The van der Waals surface area contributed by atoms with Crippen molar-refractivity contribution >= 4 is 11.9 Å².